The largest absolute Gasteiger partial charge is 0.529 e. The molecule has 0 saturated carbocycles. The first-order valence-corrected chi connectivity index (χ1v) is 11.8. The van der Waals surface area contributed by atoms with Gasteiger partial charge >= 0.3 is 7.82 Å². The van der Waals surface area contributed by atoms with Gasteiger partial charge in [-0.1, -0.05) is 101 Å². The molecule has 0 amide bonds. The van der Waals surface area contributed by atoms with E-state index in [0.717, 1.165) is 44.8 Å². The molecule has 0 N–H and O–H groups in total. The van der Waals surface area contributed by atoms with E-state index < -0.39 is 7.82 Å². The molecule has 0 aromatic heterocycles. The lowest BCUT2D eigenvalue weighted by molar-refractivity contribution is 0.138. The molecule has 0 bridgehead atoms. The van der Waals surface area contributed by atoms with Gasteiger partial charge in [-0.3, -0.25) is 9.05 Å². The van der Waals surface area contributed by atoms with Crippen LogP contribution in [-0.2, 0) is 18.1 Å². The van der Waals surface area contributed by atoms with Crippen molar-refractivity contribution >= 4 is 31.0 Å². The van der Waals surface area contributed by atoms with Crippen LogP contribution in [0.25, 0.3) is 0 Å². The summed E-state index contributed by atoms with van der Waals surface area (Å²) in [6.45, 7) is 5.06. The van der Waals surface area contributed by atoms with Crippen LogP contribution in [0.2, 0.25) is 0 Å². The lowest BCUT2D eigenvalue weighted by atomic mass is 10.1. The summed E-state index contributed by atoms with van der Waals surface area (Å²) in [5.74, 6) is 0. The first kappa shape index (κ1) is 25.3. The van der Waals surface area contributed by atoms with Gasteiger partial charge in [-0.25, -0.2) is 4.57 Å². The van der Waals surface area contributed by atoms with E-state index in [1.165, 1.54) is 38.5 Å². The predicted octanol–water partition coefficient (Wildman–Crippen LogP) is 8.14. The first-order chi connectivity index (χ1) is 12.0. The van der Waals surface area contributed by atoms with Crippen LogP contribution in [0.5, 0.6) is 0 Å². The molecule has 150 valence electrons. The number of hydrogen-bond donors (Lipinski definition) is 0. The zero-order valence-corrected chi connectivity index (χ0v) is 18.2. The second kappa shape index (κ2) is 17.7. The van der Waals surface area contributed by atoms with E-state index in [1.807, 2.05) is 0 Å². The molecule has 0 atom stereocenters. The summed E-state index contributed by atoms with van der Waals surface area (Å²) < 4.78 is 28.3. The van der Waals surface area contributed by atoms with Gasteiger partial charge in [0.25, 0.3) is 0 Å². The molecule has 25 heavy (non-hydrogen) atoms. The van der Waals surface area contributed by atoms with Gasteiger partial charge in [0.05, 0.1) is 13.2 Å². The second-order valence-corrected chi connectivity index (χ2v) is 8.79. The van der Waals surface area contributed by atoms with Crippen molar-refractivity contribution < 1.29 is 18.1 Å². The fourth-order valence-electron chi connectivity index (χ4n) is 2.32. The van der Waals surface area contributed by atoms with E-state index >= 15 is 0 Å². The Bertz CT molecular complexity index is 352. The van der Waals surface area contributed by atoms with Crippen LogP contribution < -0.4 is 0 Å². The Morgan fingerprint density at radius 3 is 1.56 bits per heavy atom. The minimum Gasteiger partial charge on any atom is -0.409 e. The van der Waals surface area contributed by atoms with Crippen molar-refractivity contribution in [1.29, 1.82) is 0 Å². The van der Waals surface area contributed by atoms with Crippen LogP contribution in [0.1, 0.15) is 90.9 Å². The molecule has 0 unspecified atom stereocenters. The van der Waals surface area contributed by atoms with Crippen molar-refractivity contribution in [2.45, 2.75) is 90.9 Å². The first-order valence-electron chi connectivity index (χ1n) is 9.62. The van der Waals surface area contributed by atoms with Crippen LogP contribution in [0.3, 0.4) is 0 Å². The number of phosphoric acid groups is 1. The Kier molecular flexibility index (Phi) is 17.9. The van der Waals surface area contributed by atoms with E-state index in [2.05, 4.69) is 13.8 Å². The lowest BCUT2D eigenvalue weighted by Crippen LogP contribution is -2.01. The number of rotatable bonds is 18. The highest BCUT2D eigenvalue weighted by atomic mass is 35.5. The van der Waals surface area contributed by atoms with E-state index in [0.29, 0.717) is 13.2 Å². The molecule has 0 aliphatic carbocycles. The molecule has 0 radical (unpaired) electrons. The zero-order chi connectivity index (χ0) is 18.8. The Hall–Kier alpha value is 0.270. The van der Waals surface area contributed by atoms with E-state index in [9.17, 15) is 4.57 Å². The van der Waals surface area contributed by atoms with Gasteiger partial charge < -0.3 is 4.52 Å². The molecule has 0 spiro atoms. The number of phosphoric ester groups is 1. The third-order valence-electron chi connectivity index (χ3n) is 3.77. The fraction of sp³-hybridized carbons (Fsp3) is 0.889. The van der Waals surface area contributed by atoms with Crippen molar-refractivity contribution in [2.24, 2.45) is 0 Å². The Morgan fingerprint density at radius 1 is 0.760 bits per heavy atom. The molecule has 0 aromatic carbocycles. The lowest BCUT2D eigenvalue weighted by Gasteiger charge is -2.16. The second-order valence-electron chi connectivity index (χ2n) is 6.16. The van der Waals surface area contributed by atoms with Gasteiger partial charge in [0.2, 0.25) is 0 Å². The highest BCUT2D eigenvalue weighted by molar-refractivity contribution is 7.48. The number of halogens is 2. The number of hydrogen-bond acceptors (Lipinski definition) is 4. The van der Waals surface area contributed by atoms with Crippen molar-refractivity contribution in [3.63, 3.8) is 0 Å². The van der Waals surface area contributed by atoms with Crippen molar-refractivity contribution in [3.05, 3.63) is 10.8 Å². The molecule has 0 saturated heterocycles. The molecule has 0 fully saturated rings. The maximum Gasteiger partial charge on any atom is 0.529 e. The van der Waals surface area contributed by atoms with Gasteiger partial charge in [-0.2, -0.15) is 0 Å². The van der Waals surface area contributed by atoms with Crippen LogP contribution in [-0.4, -0.2) is 13.2 Å². The minimum absolute atomic E-state index is 0.119. The quantitative estimate of drug-likeness (QED) is 0.128. The van der Waals surface area contributed by atoms with Gasteiger partial charge in [0, 0.05) is 0 Å². The predicted molar refractivity (Wildman–Crippen MR) is 107 cm³/mol. The van der Waals surface area contributed by atoms with E-state index in [-0.39, 0.29) is 4.49 Å². The van der Waals surface area contributed by atoms with Crippen LogP contribution >= 0.6 is 31.0 Å². The Balaban J connectivity index is 4.03. The van der Waals surface area contributed by atoms with Crippen molar-refractivity contribution in [3.8, 4) is 0 Å². The van der Waals surface area contributed by atoms with E-state index in [4.69, 9.17) is 36.8 Å². The van der Waals surface area contributed by atoms with Crippen LogP contribution in [0, 0.1) is 0 Å². The monoisotopic (exact) mass is 416 g/mol. The fourth-order valence-corrected chi connectivity index (χ4v) is 3.67. The summed E-state index contributed by atoms with van der Waals surface area (Å²) in [6, 6.07) is 0. The standard InChI is InChI=1S/C18H35Cl2O4P/c1-3-5-7-9-11-13-15-22-25(21,24-17-18(19)20)23-16-14-12-10-8-6-4-2/h17H,3-16H2,1-2H3. The molecule has 7 heteroatoms. The molecule has 0 rings (SSSR count). The van der Waals surface area contributed by atoms with Crippen molar-refractivity contribution in [1.82, 2.24) is 0 Å². The Morgan fingerprint density at radius 2 is 1.16 bits per heavy atom. The maximum atomic E-state index is 12.6. The summed E-state index contributed by atoms with van der Waals surface area (Å²) in [5.41, 5.74) is 0. The van der Waals surface area contributed by atoms with Gasteiger partial charge in [-0.05, 0) is 12.8 Å². The van der Waals surface area contributed by atoms with Gasteiger partial charge in [0.1, 0.15) is 10.8 Å². The van der Waals surface area contributed by atoms with Crippen LogP contribution in [0.4, 0.5) is 0 Å². The van der Waals surface area contributed by atoms with E-state index in [1.54, 1.807) is 0 Å². The SMILES string of the molecule is CCCCCCCCOP(=O)(OC=C(Cl)Cl)OCCCCCCCC. The smallest absolute Gasteiger partial charge is 0.409 e. The third kappa shape index (κ3) is 17.4. The third-order valence-corrected chi connectivity index (χ3v) is 5.30. The highest BCUT2D eigenvalue weighted by Crippen LogP contribution is 2.50. The Labute approximate surface area is 164 Å². The molecule has 0 aliphatic rings. The molecule has 0 aromatic rings. The average Bonchev–Trinajstić information content (AvgIpc) is 2.59. The van der Waals surface area contributed by atoms with Crippen LogP contribution in [0.15, 0.2) is 10.8 Å². The average molecular weight is 417 g/mol. The molecular formula is C18H35Cl2O4P. The molecule has 0 heterocycles. The normalized spacial score (nSPS) is 11.5. The summed E-state index contributed by atoms with van der Waals surface area (Å²) >= 11 is 11.0. The summed E-state index contributed by atoms with van der Waals surface area (Å²) in [5, 5.41) is 0. The van der Waals surface area contributed by atoms with Crippen molar-refractivity contribution in [2.75, 3.05) is 13.2 Å². The number of unbranched alkanes of at least 4 members (excludes halogenated alkanes) is 10. The molecule has 4 nitrogen and oxygen atoms in total. The summed E-state index contributed by atoms with van der Waals surface area (Å²) in [4.78, 5) is 0. The topological polar surface area (TPSA) is 44.8 Å². The summed E-state index contributed by atoms with van der Waals surface area (Å²) in [6.07, 6.45) is 14.5. The molecule has 0 aliphatic heterocycles. The molecular weight excluding hydrogens is 382 g/mol. The highest BCUT2D eigenvalue weighted by Gasteiger charge is 2.26. The zero-order valence-electron chi connectivity index (χ0n) is 15.8. The van der Waals surface area contributed by atoms with Gasteiger partial charge in [-0.15, -0.1) is 0 Å². The van der Waals surface area contributed by atoms with Gasteiger partial charge in [0.15, 0.2) is 0 Å². The maximum absolute atomic E-state index is 12.6. The summed E-state index contributed by atoms with van der Waals surface area (Å²) in [7, 11) is -3.64. The minimum atomic E-state index is -3.64.